The highest BCUT2D eigenvalue weighted by atomic mass is 32.2. The third kappa shape index (κ3) is 3.28. The van der Waals surface area contributed by atoms with Crippen molar-refractivity contribution in [2.24, 2.45) is 0 Å². The van der Waals surface area contributed by atoms with E-state index in [1.807, 2.05) is 25.1 Å². The van der Waals surface area contributed by atoms with Crippen molar-refractivity contribution in [3.8, 4) is 0 Å². The Balaban J connectivity index is 1.90. The summed E-state index contributed by atoms with van der Waals surface area (Å²) in [5, 5.41) is 0. The lowest BCUT2D eigenvalue weighted by atomic mass is 10.0. The van der Waals surface area contributed by atoms with Crippen LogP contribution in [-0.2, 0) is 21.2 Å². The molecule has 0 radical (unpaired) electrons. The van der Waals surface area contributed by atoms with Crippen molar-refractivity contribution in [3.05, 3.63) is 53.6 Å². The number of carbonyl (C=O) groups excluding carboxylic acids is 1. The summed E-state index contributed by atoms with van der Waals surface area (Å²) >= 11 is 0. The van der Waals surface area contributed by atoms with Gasteiger partial charge in [-0.1, -0.05) is 12.1 Å². The summed E-state index contributed by atoms with van der Waals surface area (Å²) in [5.74, 6) is 0.00374. The second-order valence-corrected chi connectivity index (χ2v) is 7.72. The van der Waals surface area contributed by atoms with E-state index in [2.05, 4.69) is 4.72 Å². The molecule has 0 saturated heterocycles. The molecular weight excluding hydrogens is 324 g/mol. The van der Waals surface area contributed by atoms with Crippen molar-refractivity contribution >= 4 is 27.3 Å². The zero-order valence-electron chi connectivity index (χ0n) is 13.7. The number of fused-ring (bicyclic) bond motifs is 1. The molecule has 1 N–H and O–H groups in total. The van der Waals surface area contributed by atoms with E-state index in [0.717, 1.165) is 29.7 Å². The van der Waals surface area contributed by atoms with Crippen LogP contribution in [0.15, 0.2) is 47.4 Å². The molecule has 5 nitrogen and oxygen atoms in total. The predicted molar refractivity (Wildman–Crippen MR) is 94.8 cm³/mol. The van der Waals surface area contributed by atoms with E-state index in [9.17, 15) is 13.2 Å². The van der Waals surface area contributed by atoms with Crippen LogP contribution in [0.4, 0.5) is 11.4 Å². The highest BCUT2D eigenvalue weighted by Gasteiger charge is 2.21. The maximum absolute atomic E-state index is 12.5. The molecule has 0 spiro atoms. The Bertz CT molecular complexity index is 891. The van der Waals surface area contributed by atoms with Gasteiger partial charge in [-0.25, -0.2) is 8.42 Å². The first-order valence-electron chi connectivity index (χ1n) is 7.87. The fourth-order valence-corrected chi connectivity index (χ4v) is 4.14. The number of benzene rings is 2. The molecule has 1 amide bonds. The number of aryl methyl sites for hydroxylation is 2. The van der Waals surface area contributed by atoms with E-state index in [1.165, 1.54) is 0 Å². The van der Waals surface area contributed by atoms with Crippen LogP contribution in [0.2, 0.25) is 0 Å². The normalized spacial score (nSPS) is 14.2. The number of anilines is 2. The van der Waals surface area contributed by atoms with Crippen LogP contribution in [0.1, 0.15) is 24.5 Å². The Kier molecular flexibility index (Phi) is 4.32. The number of nitrogens with one attached hydrogen (secondary N) is 1. The molecule has 24 heavy (non-hydrogen) atoms. The summed E-state index contributed by atoms with van der Waals surface area (Å²) in [6.07, 6.45) is 1.71. The van der Waals surface area contributed by atoms with Gasteiger partial charge in [0, 0.05) is 24.8 Å². The van der Waals surface area contributed by atoms with Crippen LogP contribution in [-0.4, -0.2) is 20.9 Å². The van der Waals surface area contributed by atoms with Crippen molar-refractivity contribution in [2.45, 2.75) is 31.6 Å². The quantitative estimate of drug-likeness (QED) is 0.930. The molecule has 0 aromatic heterocycles. The highest BCUT2D eigenvalue weighted by molar-refractivity contribution is 7.92. The number of carbonyl (C=O) groups is 1. The van der Waals surface area contributed by atoms with Gasteiger partial charge in [0.15, 0.2) is 0 Å². The molecule has 2 aromatic carbocycles. The number of sulfonamides is 1. The third-order valence-corrected chi connectivity index (χ3v) is 5.51. The molecule has 6 heteroatoms. The molecule has 2 aromatic rings. The smallest absolute Gasteiger partial charge is 0.261 e. The lowest BCUT2D eigenvalue weighted by molar-refractivity contribution is -0.116. The first-order chi connectivity index (χ1) is 11.4. The van der Waals surface area contributed by atoms with E-state index in [1.54, 1.807) is 36.1 Å². The van der Waals surface area contributed by atoms with Gasteiger partial charge in [-0.2, -0.15) is 0 Å². The van der Waals surface area contributed by atoms with E-state index in [0.29, 0.717) is 12.2 Å². The van der Waals surface area contributed by atoms with Gasteiger partial charge >= 0.3 is 0 Å². The van der Waals surface area contributed by atoms with Crippen molar-refractivity contribution < 1.29 is 13.2 Å². The average Bonchev–Trinajstić information content (AvgIpc) is 2.53. The lowest BCUT2D eigenvalue weighted by Crippen LogP contribution is -2.33. The maximum atomic E-state index is 12.5. The highest BCUT2D eigenvalue weighted by Crippen LogP contribution is 2.30. The summed E-state index contributed by atoms with van der Waals surface area (Å²) in [7, 11) is -3.62. The number of amides is 1. The van der Waals surface area contributed by atoms with Crippen LogP contribution in [0.25, 0.3) is 0 Å². The van der Waals surface area contributed by atoms with Crippen LogP contribution in [0, 0.1) is 6.92 Å². The Morgan fingerprint density at radius 2 is 1.96 bits per heavy atom. The SMILES string of the molecule is CC(=O)N1CCCc2cc(NS(=O)(=O)c3cccc(C)c3)ccc21. The fourth-order valence-electron chi connectivity index (χ4n) is 2.98. The molecule has 1 aliphatic rings. The minimum Gasteiger partial charge on any atom is -0.312 e. The van der Waals surface area contributed by atoms with Crippen LogP contribution >= 0.6 is 0 Å². The van der Waals surface area contributed by atoms with Crippen molar-refractivity contribution in [1.29, 1.82) is 0 Å². The monoisotopic (exact) mass is 344 g/mol. The van der Waals surface area contributed by atoms with Gasteiger partial charge in [0.2, 0.25) is 5.91 Å². The first kappa shape index (κ1) is 16.5. The standard InChI is InChI=1S/C18H20N2O3S/c1-13-5-3-7-17(11-13)24(22,23)19-16-8-9-18-15(12-16)6-4-10-20(18)14(2)21/h3,5,7-9,11-12,19H,4,6,10H2,1-2H3. The van der Waals surface area contributed by atoms with E-state index < -0.39 is 10.0 Å². The second-order valence-electron chi connectivity index (χ2n) is 6.04. The zero-order chi connectivity index (χ0) is 17.3. The molecule has 0 unspecified atom stereocenters. The molecule has 126 valence electrons. The summed E-state index contributed by atoms with van der Waals surface area (Å²) in [6, 6.07) is 12.1. The first-order valence-corrected chi connectivity index (χ1v) is 9.36. The zero-order valence-corrected chi connectivity index (χ0v) is 14.6. The van der Waals surface area contributed by atoms with Gasteiger partial charge in [-0.15, -0.1) is 0 Å². The topological polar surface area (TPSA) is 66.5 Å². The Morgan fingerprint density at radius 3 is 2.67 bits per heavy atom. The molecule has 0 atom stereocenters. The number of nitrogens with zero attached hydrogens (tertiary/aromatic N) is 1. The molecule has 0 bridgehead atoms. The van der Waals surface area contributed by atoms with Crippen LogP contribution < -0.4 is 9.62 Å². The molecule has 0 aliphatic carbocycles. The van der Waals surface area contributed by atoms with E-state index >= 15 is 0 Å². The molecular formula is C18H20N2O3S. The predicted octanol–water partition coefficient (Wildman–Crippen LogP) is 3.09. The minimum atomic E-state index is -3.62. The third-order valence-electron chi connectivity index (χ3n) is 4.13. The molecule has 1 heterocycles. The largest absolute Gasteiger partial charge is 0.312 e. The minimum absolute atomic E-state index is 0.00374. The lowest BCUT2D eigenvalue weighted by Gasteiger charge is -2.29. The van der Waals surface area contributed by atoms with Crippen molar-refractivity contribution in [1.82, 2.24) is 0 Å². The molecule has 1 aliphatic heterocycles. The second kappa shape index (κ2) is 6.28. The number of rotatable bonds is 3. The number of hydrogen-bond donors (Lipinski definition) is 1. The Labute approximate surface area is 142 Å². The van der Waals surface area contributed by atoms with Gasteiger partial charge in [0.25, 0.3) is 10.0 Å². The number of hydrogen-bond acceptors (Lipinski definition) is 3. The van der Waals surface area contributed by atoms with Crippen molar-refractivity contribution in [3.63, 3.8) is 0 Å². The summed E-state index contributed by atoms with van der Waals surface area (Å²) in [6.45, 7) is 4.11. The van der Waals surface area contributed by atoms with Crippen LogP contribution in [0.3, 0.4) is 0 Å². The molecule has 0 saturated carbocycles. The van der Waals surface area contributed by atoms with Gasteiger partial charge in [0.1, 0.15) is 0 Å². The van der Waals surface area contributed by atoms with Gasteiger partial charge < -0.3 is 4.90 Å². The Hall–Kier alpha value is -2.34. The maximum Gasteiger partial charge on any atom is 0.261 e. The molecule has 3 rings (SSSR count). The Morgan fingerprint density at radius 1 is 1.17 bits per heavy atom. The average molecular weight is 344 g/mol. The van der Waals surface area contributed by atoms with Gasteiger partial charge in [-0.05, 0) is 61.2 Å². The molecule has 0 fully saturated rings. The van der Waals surface area contributed by atoms with Gasteiger partial charge in [-0.3, -0.25) is 9.52 Å². The van der Waals surface area contributed by atoms with Crippen LogP contribution in [0.5, 0.6) is 0 Å². The summed E-state index contributed by atoms with van der Waals surface area (Å²) in [4.78, 5) is 13.7. The summed E-state index contributed by atoms with van der Waals surface area (Å²) < 4.78 is 27.7. The summed E-state index contributed by atoms with van der Waals surface area (Å²) in [5.41, 5.74) is 3.26. The fraction of sp³-hybridized carbons (Fsp3) is 0.278. The van der Waals surface area contributed by atoms with Crippen molar-refractivity contribution in [2.75, 3.05) is 16.2 Å². The van der Waals surface area contributed by atoms with Gasteiger partial charge in [0.05, 0.1) is 4.90 Å². The van der Waals surface area contributed by atoms with E-state index in [-0.39, 0.29) is 10.8 Å². The van der Waals surface area contributed by atoms with E-state index in [4.69, 9.17) is 0 Å².